The van der Waals surface area contributed by atoms with Crippen molar-refractivity contribution < 1.29 is 24.5 Å². The second kappa shape index (κ2) is 4.10. The van der Waals surface area contributed by atoms with Gasteiger partial charge in [0, 0.05) is 6.54 Å². The Morgan fingerprint density at radius 3 is 2.79 bits per heavy atom. The van der Waals surface area contributed by atoms with Gasteiger partial charge in [0.2, 0.25) is 0 Å². The number of aliphatic hydroxyl groups excluding tert-OH is 1. The molecule has 0 spiro atoms. The van der Waals surface area contributed by atoms with Crippen molar-refractivity contribution in [2.45, 2.75) is 6.04 Å². The van der Waals surface area contributed by atoms with Crippen LogP contribution in [-0.2, 0) is 9.53 Å². The molecule has 0 aromatic heterocycles. The van der Waals surface area contributed by atoms with Crippen molar-refractivity contribution in [2.24, 2.45) is 0 Å². The summed E-state index contributed by atoms with van der Waals surface area (Å²) in [7, 11) is 1.21. The normalized spacial score (nSPS) is 20.6. The first-order valence-electron chi connectivity index (χ1n) is 4.00. The molecule has 0 aromatic rings. The predicted molar refractivity (Wildman–Crippen MR) is 45.7 cm³/mol. The highest BCUT2D eigenvalue weighted by Crippen LogP contribution is 2.19. The average molecular weight is 201 g/mol. The van der Waals surface area contributed by atoms with Gasteiger partial charge in [0.25, 0.3) is 0 Å². The summed E-state index contributed by atoms with van der Waals surface area (Å²) in [5.74, 6) is -0.604. The maximum Gasteiger partial charge on any atom is 0.408 e. The molecular formula is C8H11NO5. The third-order valence-electron chi connectivity index (χ3n) is 2.08. The lowest BCUT2D eigenvalue weighted by Crippen LogP contribution is -2.40. The summed E-state index contributed by atoms with van der Waals surface area (Å²) in [4.78, 5) is 22.8. The molecule has 1 heterocycles. The number of carbonyl (C=O) groups excluding carboxylic acids is 1. The zero-order valence-electron chi connectivity index (χ0n) is 7.64. The van der Waals surface area contributed by atoms with Gasteiger partial charge in [-0.3, -0.25) is 4.90 Å². The maximum absolute atomic E-state index is 11.1. The van der Waals surface area contributed by atoms with E-state index in [0.29, 0.717) is 0 Å². The van der Waals surface area contributed by atoms with E-state index in [1.807, 2.05) is 0 Å². The molecule has 1 aliphatic heterocycles. The Kier molecular flexibility index (Phi) is 3.08. The quantitative estimate of drug-likeness (QED) is 0.585. The molecule has 6 nitrogen and oxygen atoms in total. The number of amides is 1. The molecule has 0 aromatic carbocycles. The van der Waals surface area contributed by atoms with E-state index < -0.39 is 24.7 Å². The molecule has 14 heavy (non-hydrogen) atoms. The van der Waals surface area contributed by atoms with Crippen LogP contribution in [0.3, 0.4) is 0 Å². The summed E-state index contributed by atoms with van der Waals surface area (Å²) < 4.78 is 4.46. The SMILES string of the molecule is COC(=O)C1=CCN(C(=O)O)[C@@H]1CO. The van der Waals surface area contributed by atoms with Crippen molar-refractivity contribution in [2.75, 3.05) is 20.3 Å². The highest BCUT2D eigenvalue weighted by Gasteiger charge is 2.34. The van der Waals surface area contributed by atoms with Gasteiger partial charge in [-0.05, 0) is 0 Å². The van der Waals surface area contributed by atoms with E-state index >= 15 is 0 Å². The number of rotatable bonds is 2. The summed E-state index contributed by atoms with van der Waals surface area (Å²) in [5.41, 5.74) is 0.192. The number of carboxylic acid groups (broad SMARTS) is 1. The van der Waals surface area contributed by atoms with Crippen LogP contribution >= 0.6 is 0 Å². The van der Waals surface area contributed by atoms with Crippen LogP contribution in [-0.4, -0.2) is 53.5 Å². The van der Waals surface area contributed by atoms with Crippen molar-refractivity contribution in [3.05, 3.63) is 11.6 Å². The number of hydrogen-bond acceptors (Lipinski definition) is 4. The third-order valence-corrected chi connectivity index (χ3v) is 2.08. The van der Waals surface area contributed by atoms with Crippen LogP contribution in [0.1, 0.15) is 0 Å². The van der Waals surface area contributed by atoms with E-state index in [0.717, 1.165) is 4.90 Å². The van der Waals surface area contributed by atoms with Gasteiger partial charge in [-0.15, -0.1) is 0 Å². The minimum absolute atomic E-state index is 0.102. The van der Waals surface area contributed by atoms with Gasteiger partial charge in [0.15, 0.2) is 0 Å². The lowest BCUT2D eigenvalue weighted by Gasteiger charge is -2.21. The van der Waals surface area contributed by atoms with E-state index in [1.165, 1.54) is 13.2 Å². The zero-order valence-corrected chi connectivity index (χ0v) is 7.64. The van der Waals surface area contributed by atoms with Crippen LogP contribution in [0, 0.1) is 0 Å². The van der Waals surface area contributed by atoms with Gasteiger partial charge >= 0.3 is 12.1 Å². The van der Waals surface area contributed by atoms with Crippen molar-refractivity contribution in [1.82, 2.24) is 4.90 Å². The fourth-order valence-corrected chi connectivity index (χ4v) is 1.37. The van der Waals surface area contributed by atoms with Gasteiger partial charge in [-0.2, -0.15) is 0 Å². The molecule has 0 bridgehead atoms. The molecule has 0 unspecified atom stereocenters. The van der Waals surface area contributed by atoms with E-state index in [4.69, 9.17) is 10.2 Å². The molecular weight excluding hydrogens is 190 g/mol. The first-order chi connectivity index (χ1) is 6.61. The molecule has 0 saturated heterocycles. The monoisotopic (exact) mass is 201 g/mol. The Labute approximate surface area is 80.4 Å². The molecule has 0 aliphatic carbocycles. The van der Waals surface area contributed by atoms with Gasteiger partial charge < -0.3 is 14.9 Å². The Hall–Kier alpha value is -1.56. The molecule has 0 radical (unpaired) electrons. The minimum Gasteiger partial charge on any atom is -0.466 e. The zero-order chi connectivity index (χ0) is 10.7. The lowest BCUT2D eigenvalue weighted by molar-refractivity contribution is -0.136. The van der Waals surface area contributed by atoms with Gasteiger partial charge in [-0.25, -0.2) is 9.59 Å². The fourth-order valence-electron chi connectivity index (χ4n) is 1.37. The summed E-state index contributed by atoms with van der Waals surface area (Å²) in [6.45, 7) is -0.321. The van der Waals surface area contributed by atoms with Crippen molar-refractivity contribution in [1.29, 1.82) is 0 Å². The van der Waals surface area contributed by atoms with Gasteiger partial charge in [-0.1, -0.05) is 6.08 Å². The van der Waals surface area contributed by atoms with Crippen LogP contribution in [0.15, 0.2) is 11.6 Å². The average Bonchev–Trinajstić information content (AvgIpc) is 2.59. The summed E-state index contributed by atoms with van der Waals surface area (Å²) in [6.07, 6.45) is 0.278. The molecule has 1 atom stereocenters. The molecule has 1 aliphatic rings. The Balaban J connectivity index is 2.81. The van der Waals surface area contributed by atoms with Gasteiger partial charge in [0.05, 0.1) is 25.3 Å². The van der Waals surface area contributed by atoms with Crippen LogP contribution < -0.4 is 0 Å². The first-order valence-corrected chi connectivity index (χ1v) is 4.00. The van der Waals surface area contributed by atoms with Crippen molar-refractivity contribution in [3.8, 4) is 0 Å². The standard InChI is InChI=1S/C8H11NO5/c1-14-7(11)5-2-3-9(8(12)13)6(5)4-10/h2,6,10H,3-4H2,1H3,(H,12,13)/t6-/m1/s1. The summed E-state index contributed by atoms with van der Waals surface area (Å²) in [5, 5.41) is 17.7. The second-order valence-corrected chi connectivity index (χ2v) is 2.78. The topological polar surface area (TPSA) is 87.1 Å². The molecule has 78 valence electrons. The number of carbonyl (C=O) groups is 2. The van der Waals surface area contributed by atoms with Gasteiger partial charge in [0.1, 0.15) is 0 Å². The number of esters is 1. The Morgan fingerprint density at radius 1 is 1.71 bits per heavy atom. The molecule has 6 heteroatoms. The maximum atomic E-state index is 11.1. The minimum atomic E-state index is -1.17. The molecule has 2 N–H and O–H groups in total. The molecule has 0 fully saturated rings. The Bertz CT molecular complexity index is 285. The summed E-state index contributed by atoms with van der Waals surface area (Å²) in [6, 6.07) is -0.806. The number of ether oxygens (including phenoxy) is 1. The van der Waals surface area contributed by atoms with E-state index in [9.17, 15) is 9.59 Å². The first kappa shape index (κ1) is 10.5. The number of aliphatic hydroxyl groups is 1. The smallest absolute Gasteiger partial charge is 0.408 e. The van der Waals surface area contributed by atoms with Crippen LogP contribution in [0.2, 0.25) is 0 Å². The van der Waals surface area contributed by atoms with E-state index in [2.05, 4.69) is 4.74 Å². The Morgan fingerprint density at radius 2 is 2.36 bits per heavy atom. The molecule has 1 amide bonds. The largest absolute Gasteiger partial charge is 0.466 e. The van der Waals surface area contributed by atoms with E-state index in [-0.39, 0.29) is 12.1 Å². The van der Waals surface area contributed by atoms with Crippen LogP contribution in [0.5, 0.6) is 0 Å². The number of hydrogen-bond donors (Lipinski definition) is 2. The summed E-state index contributed by atoms with van der Waals surface area (Å²) >= 11 is 0. The molecule has 0 saturated carbocycles. The second-order valence-electron chi connectivity index (χ2n) is 2.78. The third kappa shape index (κ3) is 1.69. The van der Waals surface area contributed by atoms with Crippen LogP contribution in [0.4, 0.5) is 4.79 Å². The van der Waals surface area contributed by atoms with Crippen molar-refractivity contribution in [3.63, 3.8) is 0 Å². The fraction of sp³-hybridized carbons (Fsp3) is 0.500. The lowest BCUT2D eigenvalue weighted by atomic mass is 10.1. The van der Waals surface area contributed by atoms with Crippen molar-refractivity contribution >= 4 is 12.1 Å². The van der Waals surface area contributed by atoms with Crippen LogP contribution in [0.25, 0.3) is 0 Å². The number of nitrogens with zero attached hydrogens (tertiary/aromatic N) is 1. The molecule has 1 rings (SSSR count). The predicted octanol–water partition coefficient (Wildman–Crippen LogP) is -0.560. The number of methoxy groups -OCH3 is 1. The highest BCUT2D eigenvalue weighted by molar-refractivity contribution is 5.91. The van der Waals surface area contributed by atoms with E-state index in [1.54, 1.807) is 0 Å². The highest BCUT2D eigenvalue weighted by atomic mass is 16.5.